The monoisotopic (exact) mass is 653 g/mol. The zero-order valence-electron chi connectivity index (χ0n) is 27.7. The lowest BCUT2D eigenvalue weighted by molar-refractivity contribution is 0.669. The fourth-order valence-electron chi connectivity index (χ4n) is 7.45. The molecule has 51 heavy (non-hydrogen) atoms. The summed E-state index contributed by atoms with van der Waals surface area (Å²) in [7, 11) is 0. The predicted octanol–water partition coefficient (Wildman–Crippen LogP) is 14.0. The average Bonchev–Trinajstić information content (AvgIpc) is 3.77. The van der Waals surface area contributed by atoms with Crippen molar-refractivity contribution in [2.75, 3.05) is 4.90 Å². The zero-order valence-corrected chi connectivity index (χ0v) is 27.7. The lowest BCUT2D eigenvalue weighted by atomic mass is 9.93. The van der Waals surface area contributed by atoms with Crippen LogP contribution in [0.5, 0.6) is 0 Å². The third-order valence-corrected chi connectivity index (χ3v) is 9.91. The van der Waals surface area contributed by atoms with E-state index in [9.17, 15) is 0 Å². The number of furan rings is 2. The number of fused-ring (bicyclic) bond motifs is 6. The molecule has 0 atom stereocenters. The molecule has 0 radical (unpaired) electrons. The topological polar surface area (TPSA) is 29.5 Å². The first-order valence-electron chi connectivity index (χ1n) is 17.3. The molecular weight excluding hydrogens is 623 g/mol. The van der Waals surface area contributed by atoms with Crippen LogP contribution in [0, 0.1) is 0 Å². The molecule has 0 saturated carbocycles. The van der Waals surface area contributed by atoms with Gasteiger partial charge in [0.05, 0.1) is 0 Å². The minimum Gasteiger partial charge on any atom is -0.456 e. The van der Waals surface area contributed by atoms with Crippen LogP contribution in [-0.2, 0) is 0 Å². The van der Waals surface area contributed by atoms with Crippen molar-refractivity contribution in [3.05, 3.63) is 188 Å². The molecule has 2 heterocycles. The van der Waals surface area contributed by atoms with Crippen LogP contribution in [0.1, 0.15) is 0 Å². The lowest BCUT2D eigenvalue weighted by Gasteiger charge is -2.26. The van der Waals surface area contributed by atoms with Gasteiger partial charge in [-0.05, 0) is 82.4 Å². The summed E-state index contributed by atoms with van der Waals surface area (Å²) >= 11 is 0. The molecule has 0 unspecified atom stereocenters. The summed E-state index contributed by atoms with van der Waals surface area (Å²) in [6, 6.07) is 66.2. The maximum absolute atomic E-state index is 6.45. The Labute approximate surface area is 295 Å². The molecule has 0 spiro atoms. The van der Waals surface area contributed by atoms with Gasteiger partial charge in [0.25, 0.3) is 0 Å². The van der Waals surface area contributed by atoms with Crippen LogP contribution in [0.2, 0.25) is 0 Å². The van der Waals surface area contributed by atoms with Gasteiger partial charge in [-0.1, -0.05) is 133 Å². The van der Waals surface area contributed by atoms with Crippen LogP contribution >= 0.6 is 0 Å². The number of hydrogen-bond acceptors (Lipinski definition) is 3. The molecule has 3 heteroatoms. The quantitative estimate of drug-likeness (QED) is 0.179. The van der Waals surface area contributed by atoms with Crippen LogP contribution in [0.15, 0.2) is 197 Å². The van der Waals surface area contributed by atoms with E-state index in [1.165, 1.54) is 11.1 Å². The Balaban J connectivity index is 1.09. The number of hydrogen-bond donors (Lipinski definition) is 0. The molecule has 10 aromatic rings. The minimum absolute atomic E-state index is 0.880. The van der Waals surface area contributed by atoms with E-state index in [1.54, 1.807) is 0 Å². The van der Waals surface area contributed by atoms with Gasteiger partial charge in [-0.15, -0.1) is 0 Å². The number of anilines is 3. The summed E-state index contributed by atoms with van der Waals surface area (Å²) in [4.78, 5) is 2.32. The van der Waals surface area contributed by atoms with Gasteiger partial charge >= 0.3 is 0 Å². The van der Waals surface area contributed by atoms with Crippen LogP contribution < -0.4 is 4.90 Å². The van der Waals surface area contributed by atoms with Gasteiger partial charge in [-0.2, -0.15) is 0 Å². The predicted molar refractivity (Wildman–Crippen MR) is 212 cm³/mol. The molecule has 0 bridgehead atoms. The first-order chi connectivity index (χ1) is 25.3. The summed E-state index contributed by atoms with van der Waals surface area (Å²) < 4.78 is 12.6. The fourth-order valence-corrected chi connectivity index (χ4v) is 7.45. The Hall–Kier alpha value is -6.84. The van der Waals surface area contributed by atoms with E-state index in [1.807, 2.05) is 24.3 Å². The highest BCUT2D eigenvalue weighted by Gasteiger charge is 2.18. The summed E-state index contributed by atoms with van der Waals surface area (Å²) in [5.41, 5.74) is 13.7. The molecule has 0 fully saturated rings. The normalized spacial score (nSPS) is 11.5. The van der Waals surface area contributed by atoms with Crippen molar-refractivity contribution >= 4 is 60.9 Å². The third kappa shape index (κ3) is 4.98. The molecule has 8 aromatic carbocycles. The first kappa shape index (κ1) is 29.1. The Morgan fingerprint density at radius 3 is 1.55 bits per heavy atom. The van der Waals surface area contributed by atoms with Crippen molar-refractivity contribution in [2.24, 2.45) is 0 Å². The maximum atomic E-state index is 6.45. The van der Waals surface area contributed by atoms with Gasteiger partial charge in [0.15, 0.2) is 0 Å². The van der Waals surface area contributed by atoms with Gasteiger partial charge in [-0.3, -0.25) is 0 Å². The molecule has 0 aliphatic rings. The molecule has 0 amide bonds. The summed E-state index contributed by atoms with van der Waals surface area (Å²) in [5, 5.41) is 4.47. The molecule has 0 N–H and O–H groups in total. The molecule has 3 nitrogen and oxygen atoms in total. The highest BCUT2D eigenvalue weighted by molar-refractivity contribution is 6.11. The van der Waals surface area contributed by atoms with E-state index in [0.29, 0.717) is 0 Å². The van der Waals surface area contributed by atoms with Crippen LogP contribution in [-0.4, -0.2) is 0 Å². The minimum atomic E-state index is 0.880. The van der Waals surface area contributed by atoms with Gasteiger partial charge < -0.3 is 13.7 Å². The first-order valence-corrected chi connectivity index (χ1v) is 17.3. The van der Waals surface area contributed by atoms with Gasteiger partial charge in [0, 0.05) is 44.2 Å². The fraction of sp³-hybridized carbons (Fsp3) is 0. The number of rotatable bonds is 6. The smallest absolute Gasteiger partial charge is 0.143 e. The molecule has 0 aliphatic carbocycles. The zero-order chi connectivity index (χ0) is 33.7. The van der Waals surface area contributed by atoms with Crippen molar-refractivity contribution in [2.45, 2.75) is 0 Å². The van der Waals surface area contributed by atoms with E-state index < -0.39 is 0 Å². The second-order valence-corrected chi connectivity index (χ2v) is 12.9. The molecule has 240 valence electrons. The van der Waals surface area contributed by atoms with Crippen molar-refractivity contribution in [1.82, 2.24) is 0 Å². The Bertz CT molecular complexity index is 2840. The second-order valence-electron chi connectivity index (χ2n) is 12.9. The lowest BCUT2D eigenvalue weighted by Crippen LogP contribution is -2.09. The van der Waals surface area contributed by atoms with Crippen molar-refractivity contribution < 1.29 is 8.83 Å². The Morgan fingerprint density at radius 1 is 0.294 bits per heavy atom. The van der Waals surface area contributed by atoms with E-state index in [-0.39, 0.29) is 0 Å². The molecule has 2 aromatic heterocycles. The third-order valence-electron chi connectivity index (χ3n) is 9.91. The van der Waals surface area contributed by atoms with Gasteiger partial charge in [0.2, 0.25) is 0 Å². The summed E-state index contributed by atoms with van der Waals surface area (Å²) in [5.74, 6) is 0. The average molecular weight is 654 g/mol. The van der Waals surface area contributed by atoms with Crippen molar-refractivity contribution in [1.29, 1.82) is 0 Å². The molecule has 10 rings (SSSR count). The van der Waals surface area contributed by atoms with Gasteiger partial charge in [0.1, 0.15) is 22.3 Å². The van der Waals surface area contributed by atoms with Crippen molar-refractivity contribution in [3.8, 4) is 33.4 Å². The number of nitrogens with zero attached hydrogens (tertiary/aromatic N) is 1. The summed E-state index contributed by atoms with van der Waals surface area (Å²) in [6.45, 7) is 0. The Morgan fingerprint density at radius 2 is 0.804 bits per heavy atom. The van der Waals surface area contributed by atoms with Crippen LogP contribution in [0.25, 0.3) is 77.3 Å². The number of para-hydroxylation sites is 3. The van der Waals surface area contributed by atoms with E-state index >= 15 is 0 Å². The van der Waals surface area contributed by atoms with E-state index in [2.05, 4.69) is 169 Å². The highest BCUT2D eigenvalue weighted by atomic mass is 16.3. The molecule has 0 aliphatic heterocycles. The second kappa shape index (κ2) is 11.9. The van der Waals surface area contributed by atoms with E-state index in [4.69, 9.17) is 8.83 Å². The Kier molecular flexibility index (Phi) is 6.81. The maximum Gasteiger partial charge on any atom is 0.143 e. The molecular formula is C48H31NO2. The SMILES string of the molecule is c1ccc(-c2ccc(N(c3ccc(-c4ccccc4-c4cccc5c4oc4ccccc45)cc3)c3ccc4oc5ccccc5c4c3)cc2)cc1. The highest BCUT2D eigenvalue weighted by Crippen LogP contribution is 2.42. The van der Waals surface area contributed by atoms with Crippen molar-refractivity contribution in [3.63, 3.8) is 0 Å². The van der Waals surface area contributed by atoms with Crippen LogP contribution in [0.3, 0.4) is 0 Å². The standard InChI is InChI=1S/C48H31NO2/c1-2-11-32(12-3-1)33-21-25-35(26-22-33)49(37-29-30-47-44(31-37)41-16-7-8-19-45(41)50-47)36-27-23-34(24-28-36)38-13-4-5-14-39(38)42-17-10-18-43-40-15-6-9-20-46(40)51-48(42)43/h1-31H. The van der Waals surface area contributed by atoms with E-state index in [0.717, 1.165) is 83.2 Å². The largest absolute Gasteiger partial charge is 0.456 e. The summed E-state index contributed by atoms with van der Waals surface area (Å²) in [6.07, 6.45) is 0. The van der Waals surface area contributed by atoms with Crippen LogP contribution in [0.4, 0.5) is 17.1 Å². The number of benzene rings is 8. The van der Waals surface area contributed by atoms with Gasteiger partial charge in [-0.25, -0.2) is 0 Å². The molecule has 0 saturated heterocycles.